The van der Waals surface area contributed by atoms with Gasteiger partial charge >= 0.3 is 0 Å². The molecule has 100 valence electrons. The number of hydrogen-bond donors (Lipinski definition) is 1. The summed E-state index contributed by atoms with van der Waals surface area (Å²) < 4.78 is 1.15. The molecule has 1 saturated carbocycles. The number of halogens is 1. The summed E-state index contributed by atoms with van der Waals surface area (Å²) in [6.07, 6.45) is 6.80. The molecule has 0 spiro atoms. The molecule has 18 heavy (non-hydrogen) atoms. The van der Waals surface area contributed by atoms with E-state index >= 15 is 0 Å². The van der Waals surface area contributed by atoms with Crippen LogP contribution in [-0.2, 0) is 0 Å². The molecule has 0 aromatic heterocycles. The van der Waals surface area contributed by atoms with Crippen LogP contribution in [0.5, 0.6) is 0 Å². The van der Waals surface area contributed by atoms with Gasteiger partial charge in [-0.1, -0.05) is 42.6 Å². The molecule has 0 radical (unpaired) electrons. The highest BCUT2D eigenvalue weighted by molar-refractivity contribution is 9.10. The molecule has 1 nitrogen and oxygen atoms in total. The zero-order valence-corrected chi connectivity index (χ0v) is 13.0. The number of rotatable bonds is 3. The molecule has 1 aromatic carbocycles. The van der Waals surface area contributed by atoms with Gasteiger partial charge in [0.1, 0.15) is 0 Å². The van der Waals surface area contributed by atoms with Gasteiger partial charge in [0, 0.05) is 16.2 Å². The van der Waals surface area contributed by atoms with Gasteiger partial charge in [0.05, 0.1) is 0 Å². The van der Waals surface area contributed by atoms with E-state index in [1.165, 1.54) is 37.8 Å². The lowest BCUT2D eigenvalue weighted by Crippen LogP contribution is -2.18. The van der Waals surface area contributed by atoms with E-state index in [-0.39, 0.29) is 0 Å². The number of hydrogen-bond acceptors (Lipinski definition) is 1. The molecule has 1 aliphatic rings. The van der Waals surface area contributed by atoms with Crippen LogP contribution < -0.4 is 5.32 Å². The van der Waals surface area contributed by atoms with E-state index in [4.69, 9.17) is 0 Å². The zero-order chi connectivity index (χ0) is 13.0. The molecule has 0 aliphatic heterocycles. The first kappa shape index (κ1) is 13.9. The van der Waals surface area contributed by atoms with Gasteiger partial charge in [0.2, 0.25) is 0 Å². The van der Waals surface area contributed by atoms with Crippen molar-refractivity contribution in [3.05, 3.63) is 28.7 Å². The highest BCUT2D eigenvalue weighted by Crippen LogP contribution is 2.30. The fraction of sp³-hybridized carbons (Fsp3) is 0.625. The van der Waals surface area contributed by atoms with Crippen molar-refractivity contribution in [3.63, 3.8) is 0 Å². The number of anilines is 1. The molecule has 2 heteroatoms. The molecule has 0 bridgehead atoms. The monoisotopic (exact) mass is 309 g/mol. The first-order chi connectivity index (χ1) is 8.65. The average molecular weight is 310 g/mol. The molecule has 1 N–H and O–H groups in total. The summed E-state index contributed by atoms with van der Waals surface area (Å²) in [5, 5.41) is 3.69. The summed E-state index contributed by atoms with van der Waals surface area (Å²) in [6.45, 7) is 4.74. The lowest BCUT2D eigenvalue weighted by Gasteiger charge is -2.19. The van der Waals surface area contributed by atoms with Crippen molar-refractivity contribution in [1.82, 2.24) is 0 Å². The Morgan fingerprint density at radius 1 is 1.06 bits per heavy atom. The van der Waals surface area contributed by atoms with Crippen molar-refractivity contribution >= 4 is 21.6 Å². The van der Waals surface area contributed by atoms with Crippen molar-refractivity contribution in [3.8, 4) is 0 Å². The zero-order valence-electron chi connectivity index (χ0n) is 11.5. The first-order valence-corrected chi connectivity index (χ1v) is 7.96. The fourth-order valence-corrected chi connectivity index (χ4v) is 3.19. The number of benzene rings is 1. The SMILES string of the molecule is CC(C)C1CCCC(Nc2ccc(Br)cc2)CC1. The van der Waals surface area contributed by atoms with E-state index in [0.29, 0.717) is 6.04 Å². The number of nitrogens with one attached hydrogen (secondary N) is 1. The first-order valence-electron chi connectivity index (χ1n) is 7.17. The Kier molecular flexibility index (Phi) is 5.11. The van der Waals surface area contributed by atoms with Gasteiger partial charge in [-0.15, -0.1) is 0 Å². The van der Waals surface area contributed by atoms with E-state index in [1.807, 2.05) is 0 Å². The predicted octanol–water partition coefficient (Wildman–Crippen LogP) is 5.47. The van der Waals surface area contributed by atoms with Crippen molar-refractivity contribution in [2.75, 3.05) is 5.32 Å². The molecular weight excluding hydrogens is 286 g/mol. The third kappa shape index (κ3) is 4.01. The van der Waals surface area contributed by atoms with Crippen molar-refractivity contribution in [2.45, 2.75) is 52.0 Å². The quantitative estimate of drug-likeness (QED) is 0.730. The maximum Gasteiger partial charge on any atom is 0.0343 e. The molecule has 0 saturated heterocycles. The molecule has 1 fully saturated rings. The Hall–Kier alpha value is -0.500. The molecule has 2 rings (SSSR count). The van der Waals surface area contributed by atoms with Crippen LogP contribution in [0.25, 0.3) is 0 Å². The smallest absolute Gasteiger partial charge is 0.0343 e. The summed E-state index contributed by atoms with van der Waals surface area (Å²) in [6, 6.07) is 9.20. The van der Waals surface area contributed by atoms with Crippen molar-refractivity contribution in [1.29, 1.82) is 0 Å². The molecule has 0 heterocycles. The maximum absolute atomic E-state index is 3.69. The molecule has 2 atom stereocenters. The summed E-state index contributed by atoms with van der Waals surface area (Å²) >= 11 is 3.48. The predicted molar refractivity (Wildman–Crippen MR) is 83.0 cm³/mol. The van der Waals surface area contributed by atoms with Crippen LogP contribution in [0.4, 0.5) is 5.69 Å². The molecule has 0 amide bonds. The highest BCUT2D eigenvalue weighted by atomic mass is 79.9. The summed E-state index contributed by atoms with van der Waals surface area (Å²) in [5.41, 5.74) is 1.26. The minimum atomic E-state index is 0.662. The van der Waals surface area contributed by atoms with Gasteiger partial charge in [-0.3, -0.25) is 0 Å². The van der Waals surface area contributed by atoms with Gasteiger partial charge in [0.15, 0.2) is 0 Å². The normalized spacial score (nSPS) is 24.9. The molecule has 2 unspecified atom stereocenters. The second-order valence-corrected chi connectivity index (χ2v) is 6.78. The summed E-state index contributed by atoms with van der Waals surface area (Å²) in [4.78, 5) is 0. The molecule has 1 aromatic rings. The second-order valence-electron chi connectivity index (χ2n) is 5.86. The lowest BCUT2D eigenvalue weighted by atomic mass is 9.89. The Morgan fingerprint density at radius 2 is 1.78 bits per heavy atom. The third-order valence-electron chi connectivity index (χ3n) is 4.17. The second kappa shape index (κ2) is 6.60. The Labute approximate surface area is 119 Å². The Morgan fingerprint density at radius 3 is 2.44 bits per heavy atom. The maximum atomic E-state index is 3.69. The fourth-order valence-electron chi connectivity index (χ4n) is 2.92. The van der Waals surface area contributed by atoms with Gasteiger partial charge in [0.25, 0.3) is 0 Å². The minimum Gasteiger partial charge on any atom is -0.382 e. The van der Waals surface area contributed by atoms with E-state index in [0.717, 1.165) is 16.3 Å². The van der Waals surface area contributed by atoms with E-state index in [1.54, 1.807) is 0 Å². The van der Waals surface area contributed by atoms with Crippen LogP contribution in [0.15, 0.2) is 28.7 Å². The van der Waals surface area contributed by atoms with Gasteiger partial charge in [-0.2, -0.15) is 0 Å². The van der Waals surface area contributed by atoms with E-state index < -0.39 is 0 Å². The van der Waals surface area contributed by atoms with E-state index in [9.17, 15) is 0 Å². The van der Waals surface area contributed by atoms with Crippen LogP contribution in [0, 0.1) is 11.8 Å². The Bertz CT molecular complexity index is 358. The van der Waals surface area contributed by atoms with Gasteiger partial charge in [-0.25, -0.2) is 0 Å². The third-order valence-corrected chi connectivity index (χ3v) is 4.70. The van der Waals surface area contributed by atoms with Crippen LogP contribution in [-0.4, -0.2) is 6.04 Å². The van der Waals surface area contributed by atoms with Crippen molar-refractivity contribution < 1.29 is 0 Å². The molecular formula is C16H24BrN. The van der Waals surface area contributed by atoms with Crippen molar-refractivity contribution in [2.24, 2.45) is 11.8 Å². The highest BCUT2D eigenvalue weighted by Gasteiger charge is 2.20. The van der Waals surface area contributed by atoms with Crippen LogP contribution in [0.2, 0.25) is 0 Å². The molecule has 1 aliphatic carbocycles. The van der Waals surface area contributed by atoms with Crippen LogP contribution in [0.3, 0.4) is 0 Å². The summed E-state index contributed by atoms with van der Waals surface area (Å²) in [5.74, 6) is 1.78. The van der Waals surface area contributed by atoms with Gasteiger partial charge in [-0.05, 0) is 55.4 Å². The average Bonchev–Trinajstić information content (AvgIpc) is 2.58. The standard InChI is InChI=1S/C16H24BrN/c1-12(2)13-4-3-5-15(9-6-13)18-16-10-7-14(17)8-11-16/h7-8,10-13,15,18H,3-6,9H2,1-2H3. The van der Waals surface area contributed by atoms with Crippen LogP contribution >= 0.6 is 15.9 Å². The Balaban J connectivity index is 1.88. The van der Waals surface area contributed by atoms with E-state index in [2.05, 4.69) is 59.4 Å². The largest absolute Gasteiger partial charge is 0.382 e. The topological polar surface area (TPSA) is 12.0 Å². The summed E-state index contributed by atoms with van der Waals surface area (Å²) in [7, 11) is 0. The van der Waals surface area contributed by atoms with Gasteiger partial charge < -0.3 is 5.32 Å². The minimum absolute atomic E-state index is 0.662. The van der Waals surface area contributed by atoms with Crippen LogP contribution in [0.1, 0.15) is 46.0 Å². The lowest BCUT2D eigenvalue weighted by molar-refractivity contribution is 0.341.